The molecule has 1 aromatic rings. The molecule has 0 bridgehead atoms. The predicted octanol–water partition coefficient (Wildman–Crippen LogP) is 0.0747. The fraction of sp³-hybridized carbons (Fsp3) is 0.333. The van der Waals surface area contributed by atoms with E-state index in [4.69, 9.17) is 0 Å². The van der Waals surface area contributed by atoms with E-state index in [2.05, 4.69) is 32.8 Å². The lowest BCUT2D eigenvalue weighted by atomic mass is 10.5. The van der Waals surface area contributed by atoms with Gasteiger partial charge in [-0.05, 0) is 15.9 Å². The maximum atomic E-state index is 11.3. The average Bonchev–Trinajstić information content (AvgIpc) is 2.20. The first-order chi connectivity index (χ1) is 7.15. The van der Waals surface area contributed by atoms with E-state index in [1.165, 1.54) is 10.8 Å². The van der Waals surface area contributed by atoms with Gasteiger partial charge in [0, 0.05) is 25.8 Å². The van der Waals surface area contributed by atoms with Crippen molar-refractivity contribution < 1.29 is 0 Å². The highest BCUT2D eigenvalue weighted by molar-refractivity contribution is 9.10. The van der Waals surface area contributed by atoms with Crippen molar-refractivity contribution in [2.75, 3.05) is 13.1 Å². The lowest BCUT2D eigenvalue weighted by molar-refractivity contribution is 0.593. The van der Waals surface area contributed by atoms with Gasteiger partial charge in [0.15, 0.2) is 0 Å². The van der Waals surface area contributed by atoms with E-state index in [0.717, 1.165) is 0 Å². The van der Waals surface area contributed by atoms with Gasteiger partial charge in [-0.3, -0.25) is 14.3 Å². The Morgan fingerprint density at radius 3 is 3.00 bits per heavy atom. The van der Waals surface area contributed by atoms with Crippen LogP contribution in [0, 0.1) is 0 Å². The highest BCUT2D eigenvalue weighted by Gasteiger charge is 2.00. The van der Waals surface area contributed by atoms with Gasteiger partial charge in [-0.15, -0.1) is 6.58 Å². The molecule has 0 unspecified atom stereocenters. The molecule has 6 heteroatoms. The number of hydrogen-bond acceptors (Lipinski definition) is 3. The standard InChI is InChI=1S/C9H12BrN3O2/c1-2-3-11-4-5-13-6-7(10)8(14)12-9(13)15/h2,6,11H,1,3-5H2,(H,12,14,15). The number of aromatic amines is 1. The summed E-state index contributed by atoms with van der Waals surface area (Å²) in [7, 11) is 0. The molecule has 2 N–H and O–H groups in total. The van der Waals surface area contributed by atoms with Crippen LogP contribution in [0.15, 0.2) is 32.9 Å². The van der Waals surface area contributed by atoms with Gasteiger partial charge >= 0.3 is 5.69 Å². The molecule has 0 aliphatic carbocycles. The number of aromatic nitrogens is 2. The van der Waals surface area contributed by atoms with Crippen LogP contribution >= 0.6 is 15.9 Å². The maximum absolute atomic E-state index is 11.3. The largest absolute Gasteiger partial charge is 0.328 e. The summed E-state index contributed by atoms with van der Waals surface area (Å²) in [6.45, 7) is 5.40. The topological polar surface area (TPSA) is 66.9 Å². The van der Waals surface area contributed by atoms with Crippen molar-refractivity contribution >= 4 is 15.9 Å². The second-order valence-corrected chi connectivity index (χ2v) is 3.78. The normalized spacial score (nSPS) is 10.2. The number of hydrogen-bond donors (Lipinski definition) is 2. The van der Waals surface area contributed by atoms with Gasteiger partial charge in [0.2, 0.25) is 0 Å². The Morgan fingerprint density at radius 2 is 2.33 bits per heavy atom. The maximum Gasteiger partial charge on any atom is 0.328 e. The number of rotatable bonds is 5. The summed E-state index contributed by atoms with van der Waals surface area (Å²) in [5.74, 6) is 0. The first kappa shape index (κ1) is 11.9. The molecule has 0 fully saturated rings. The molecule has 0 aromatic carbocycles. The van der Waals surface area contributed by atoms with Crippen LogP contribution < -0.4 is 16.6 Å². The monoisotopic (exact) mass is 273 g/mol. The average molecular weight is 274 g/mol. The van der Waals surface area contributed by atoms with Gasteiger partial charge in [0.25, 0.3) is 5.56 Å². The highest BCUT2D eigenvalue weighted by Crippen LogP contribution is 1.97. The molecule has 5 nitrogen and oxygen atoms in total. The van der Waals surface area contributed by atoms with Gasteiger partial charge in [0.1, 0.15) is 0 Å². The van der Waals surface area contributed by atoms with Crippen LogP contribution in [-0.2, 0) is 6.54 Å². The quantitative estimate of drug-likeness (QED) is 0.590. The molecule has 0 saturated heterocycles. The molecule has 0 radical (unpaired) electrons. The summed E-state index contributed by atoms with van der Waals surface area (Å²) in [6.07, 6.45) is 3.22. The molecule has 0 spiro atoms. The zero-order valence-electron chi connectivity index (χ0n) is 8.12. The fourth-order valence-corrected chi connectivity index (χ4v) is 1.40. The Kier molecular flexibility index (Phi) is 4.51. The minimum absolute atomic E-state index is 0.353. The lowest BCUT2D eigenvalue weighted by Gasteiger charge is -2.05. The molecule has 0 aliphatic heterocycles. The Morgan fingerprint density at radius 1 is 1.60 bits per heavy atom. The van der Waals surface area contributed by atoms with Crippen LogP contribution in [0.25, 0.3) is 0 Å². The van der Waals surface area contributed by atoms with E-state index in [1.807, 2.05) is 0 Å². The van der Waals surface area contributed by atoms with Crippen LogP contribution in [-0.4, -0.2) is 22.6 Å². The van der Waals surface area contributed by atoms with E-state index in [0.29, 0.717) is 24.1 Å². The van der Waals surface area contributed by atoms with Gasteiger partial charge in [-0.1, -0.05) is 6.08 Å². The van der Waals surface area contributed by atoms with Crippen LogP contribution in [0.4, 0.5) is 0 Å². The van der Waals surface area contributed by atoms with E-state index in [1.54, 1.807) is 6.08 Å². The number of nitrogens with zero attached hydrogens (tertiary/aromatic N) is 1. The molecule has 1 aromatic heterocycles. The van der Waals surface area contributed by atoms with E-state index >= 15 is 0 Å². The van der Waals surface area contributed by atoms with Crippen molar-refractivity contribution in [1.82, 2.24) is 14.9 Å². The molecule has 1 rings (SSSR count). The van der Waals surface area contributed by atoms with Crippen molar-refractivity contribution in [1.29, 1.82) is 0 Å². The summed E-state index contributed by atoms with van der Waals surface area (Å²) < 4.78 is 1.78. The van der Waals surface area contributed by atoms with Crippen LogP contribution in [0.1, 0.15) is 0 Å². The molecular formula is C9H12BrN3O2. The zero-order chi connectivity index (χ0) is 11.3. The fourth-order valence-electron chi connectivity index (χ4n) is 1.05. The Hall–Kier alpha value is -1.14. The highest BCUT2D eigenvalue weighted by atomic mass is 79.9. The second-order valence-electron chi connectivity index (χ2n) is 2.92. The summed E-state index contributed by atoms with van der Waals surface area (Å²) in [5, 5.41) is 3.06. The number of nitrogens with one attached hydrogen (secondary N) is 2. The number of halogens is 1. The minimum atomic E-state index is -0.407. The van der Waals surface area contributed by atoms with Crippen molar-refractivity contribution in [3.05, 3.63) is 44.2 Å². The third kappa shape index (κ3) is 3.49. The van der Waals surface area contributed by atoms with E-state index in [-0.39, 0.29) is 0 Å². The minimum Gasteiger partial charge on any atom is -0.312 e. The smallest absolute Gasteiger partial charge is 0.312 e. The third-order valence-corrected chi connectivity index (χ3v) is 2.35. The third-order valence-electron chi connectivity index (χ3n) is 1.79. The summed E-state index contributed by atoms with van der Waals surface area (Å²) in [5.41, 5.74) is -0.807. The molecule has 15 heavy (non-hydrogen) atoms. The van der Waals surface area contributed by atoms with Crippen LogP contribution in [0.2, 0.25) is 0 Å². The van der Waals surface area contributed by atoms with Gasteiger partial charge in [-0.25, -0.2) is 4.79 Å². The van der Waals surface area contributed by atoms with Crippen molar-refractivity contribution in [2.24, 2.45) is 0 Å². The first-order valence-corrected chi connectivity index (χ1v) is 5.25. The molecule has 82 valence electrons. The Bertz CT molecular complexity index is 449. The summed E-state index contributed by atoms with van der Waals surface area (Å²) in [6, 6.07) is 0. The van der Waals surface area contributed by atoms with E-state index in [9.17, 15) is 9.59 Å². The summed E-state index contributed by atoms with van der Waals surface area (Å²) >= 11 is 3.06. The SMILES string of the molecule is C=CCNCCn1cc(Br)c(=O)[nH]c1=O. The van der Waals surface area contributed by atoms with Crippen LogP contribution in [0.3, 0.4) is 0 Å². The molecule has 1 heterocycles. The lowest BCUT2D eigenvalue weighted by Crippen LogP contribution is -2.32. The molecule has 0 atom stereocenters. The molecule has 0 saturated carbocycles. The molecule has 0 aliphatic rings. The molecular weight excluding hydrogens is 262 g/mol. The van der Waals surface area contributed by atoms with Crippen molar-refractivity contribution in [3.63, 3.8) is 0 Å². The van der Waals surface area contributed by atoms with Gasteiger partial charge in [0.05, 0.1) is 4.47 Å². The van der Waals surface area contributed by atoms with E-state index < -0.39 is 11.2 Å². The zero-order valence-corrected chi connectivity index (χ0v) is 9.71. The van der Waals surface area contributed by atoms with Crippen molar-refractivity contribution in [2.45, 2.75) is 6.54 Å². The molecule has 0 amide bonds. The number of H-pyrrole nitrogens is 1. The Labute approximate surface area is 95.0 Å². The van der Waals surface area contributed by atoms with Gasteiger partial charge in [-0.2, -0.15) is 0 Å². The van der Waals surface area contributed by atoms with Crippen molar-refractivity contribution in [3.8, 4) is 0 Å². The summed E-state index contributed by atoms with van der Waals surface area (Å²) in [4.78, 5) is 24.5. The van der Waals surface area contributed by atoms with Gasteiger partial charge < -0.3 is 5.32 Å². The predicted molar refractivity (Wildman–Crippen MR) is 62.1 cm³/mol. The van der Waals surface area contributed by atoms with Crippen LogP contribution in [0.5, 0.6) is 0 Å². The Balaban J connectivity index is 2.69. The first-order valence-electron chi connectivity index (χ1n) is 4.46. The second kappa shape index (κ2) is 5.67.